The average Bonchev–Trinajstić information content (AvgIpc) is 3.04. The molecule has 96 valence electrons. The Bertz CT molecular complexity index is 349. The summed E-state index contributed by atoms with van der Waals surface area (Å²) >= 11 is 1.73. The van der Waals surface area contributed by atoms with Crippen molar-refractivity contribution in [2.45, 2.75) is 45.3 Å². The van der Waals surface area contributed by atoms with Crippen molar-refractivity contribution in [1.29, 1.82) is 0 Å². The number of methoxy groups -OCH3 is 1. The molecule has 0 amide bonds. The molecule has 1 saturated carbocycles. The molecule has 1 N–H and O–H groups in total. The van der Waals surface area contributed by atoms with Gasteiger partial charge in [0.2, 0.25) is 0 Å². The largest absolute Gasteiger partial charge is 0.380 e. The molecule has 2 atom stereocenters. The molecule has 0 bridgehead atoms. The molecule has 1 fully saturated rings. The Hall–Kier alpha value is -0.450. The molecule has 4 heteroatoms. The van der Waals surface area contributed by atoms with E-state index < -0.39 is 0 Å². The Morgan fingerprint density at radius 1 is 1.59 bits per heavy atom. The van der Waals surface area contributed by atoms with E-state index >= 15 is 0 Å². The second-order valence-electron chi connectivity index (χ2n) is 4.76. The minimum atomic E-state index is 0.344. The molecule has 1 aromatic rings. The van der Waals surface area contributed by atoms with Gasteiger partial charge in [-0.3, -0.25) is 0 Å². The van der Waals surface area contributed by atoms with Crippen LogP contribution in [0.15, 0.2) is 5.38 Å². The molecule has 0 spiro atoms. The van der Waals surface area contributed by atoms with Crippen LogP contribution in [0.1, 0.15) is 30.5 Å². The highest BCUT2D eigenvalue weighted by molar-refractivity contribution is 7.09. The highest BCUT2D eigenvalue weighted by Crippen LogP contribution is 2.36. The molecule has 0 saturated heterocycles. The quantitative estimate of drug-likeness (QED) is 0.811. The van der Waals surface area contributed by atoms with Crippen molar-refractivity contribution in [2.24, 2.45) is 5.92 Å². The molecule has 0 radical (unpaired) electrons. The summed E-state index contributed by atoms with van der Waals surface area (Å²) in [6.07, 6.45) is 3.96. The predicted octanol–water partition coefficient (Wildman–Crippen LogP) is 2.40. The molecule has 0 aromatic carbocycles. The smallest absolute Gasteiger partial charge is 0.0897 e. The van der Waals surface area contributed by atoms with E-state index in [0.29, 0.717) is 12.1 Å². The first kappa shape index (κ1) is 13.0. The lowest BCUT2D eigenvalue weighted by Crippen LogP contribution is -2.43. The van der Waals surface area contributed by atoms with Gasteiger partial charge in [-0.15, -0.1) is 11.3 Å². The zero-order chi connectivity index (χ0) is 12.3. The zero-order valence-electron chi connectivity index (χ0n) is 10.9. The first-order valence-corrected chi connectivity index (χ1v) is 7.29. The number of aromatic nitrogens is 1. The third kappa shape index (κ3) is 3.50. The fourth-order valence-corrected chi connectivity index (χ4v) is 3.03. The SMILES string of the molecule is CCNC(Cc1csc(C)n1)C(OC)C1CC1. The Morgan fingerprint density at radius 2 is 2.35 bits per heavy atom. The molecule has 2 rings (SSSR count). The van der Waals surface area contributed by atoms with Crippen LogP contribution in [0.5, 0.6) is 0 Å². The van der Waals surface area contributed by atoms with Gasteiger partial charge in [-0.05, 0) is 32.2 Å². The summed E-state index contributed by atoms with van der Waals surface area (Å²) in [5.41, 5.74) is 1.20. The van der Waals surface area contributed by atoms with E-state index in [9.17, 15) is 0 Å². The lowest BCUT2D eigenvalue weighted by molar-refractivity contribution is 0.0513. The van der Waals surface area contributed by atoms with Gasteiger partial charge < -0.3 is 10.1 Å². The monoisotopic (exact) mass is 254 g/mol. The van der Waals surface area contributed by atoms with E-state index in [1.807, 2.05) is 7.11 Å². The molecular weight excluding hydrogens is 232 g/mol. The Labute approximate surface area is 108 Å². The maximum Gasteiger partial charge on any atom is 0.0897 e. The highest BCUT2D eigenvalue weighted by Gasteiger charge is 2.36. The second kappa shape index (κ2) is 5.94. The van der Waals surface area contributed by atoms with Gasteiger partial charge in [-0.2, -0.15) is 0 Å². The van der Waals surface area contributed by atoms with E-state index in [2.05, 4.69) is 29.5 Å². The zero-order valence-corrected chi connectivity index (χ0v) is 11.7. The predicted molar refractivity (Wildman–Crippen MR) is 71.5 cm³/mol. The van der Waals surface area contributed by atoms with Crippen LogP contribution in [0.2, 0.25) is 0 Å². The molecule has 3 nitrogen and oxygen atoms in total. The molecule has 1 aliphatic rings. The molecule has 2 unspecified atom stereocenters. The summed E-state index contributed by atoms with van der Waals surface area (Å²) in [5.74, 6) is 0.754. The van der Waals surface area contributed by atoms with Gasteiger partial charge in [-0.25, -0.2) is 4.98 Å². The molecule has 1 aliphatic carbocycles. The highest BCUT2D eigenvalue weighted by atomic mass is 32.1. The third-order valence-electron chi connectivity index (χ3n) is 3.32. The average molecular weight is 254 g/mol. The van der Waals surface area contributed by atoms with Crippen molar-refractivity contribution in [1.82, 2.24) is 10.3 Å². The number of thiazole rings is 1. The number of likely N-dealkylation sites (N-methyl/N-ethyl adjacent to an activating group) is 1. The van der Waals surface area contributed by atoms with Gasteiger partial charge in [0.25, 0.3) is 0 Å². The maximum absolute atomic E-state index is 5.68. The van der Waals surface area contributed by atoms with E-state index in [-0.39, 0.29) is 0 Å². The number of nitrogens with one attached hydrogen (secondary N) is 1. The lowest BCUT2D eigenvalue weighted by atomic mass is 10.0. The molecule has 17 heavy (non-hydrogen) atoms. The number of ether oxygens (including phenoxy) is 1. The normalized spacial score (nSPS) is 19.2. The molecule has 0 aliphatic heterocycles. The summed E-state index contributed by atoms with van der Waals surface area (Å²) in [6, 6.07) is 0.402. The van der Waals surface area contributed by atoms with Crippen molar-refractivity contribution in [3.63, 3.8) is 0 Å². The summed E-state index contributed by atoms with van der Waals surface area (Å²) in [5, 5.41) is 6.87. The van der Waals surface area contributed by atoms with E-state index in [1.165, 1.54) is 18.5 Å². The van der Waals surface area contributed by atoms with Crippen molar-refractivity contribution < 1.29 is 4.74 Å². The number of hydrogen-bond donors (Lipinski definition) is 1. The Morgan fingerprint density at radius 3 is 2.82 bits per heavy atom. The molecule has 1 aromatic heterocycles. The van der Waals surface area contributed by atoms with Crippen LogP contribution in [0, 0.1) is 12.8 Å². The van der Waals surface area contributed by atoms with E-state index in [4.69, 9.17) is 4.74 Å². The van der Waals surface area contributed by atoms with Crippen LogP contribution in [0.25, 0.3) is 0 Å². The number of rotatable bonds is 7. The topological polar surface area (TPSA) is 34.2 Å². The van der Waals surface area contributed by atoms with Crippen LogP contribution in [0.4, 0.5) is 0 Å². The fourth-order valence-electron chi connectivity index (χ4n) is 2.40. The van der Waals surface area contributed by atoms with Gasteiger partial charge in [0, 0.05) is 25.0 Å². The maximum atomic E-state index is 5.68. The third-order valence-corrected chi connectivity index (χ3v) is 4.14. The second-order valence-corrected chi connectivity index (χ2v) is 5.83. The van der Waals surface area contributed by atoms with Gasteiger partial charge >= 0.3 is 0 Å². The molecular formula is C13H22N2OS. The number of nitrogens with zero attached hydrogens (tertiary/aromatic N) is 1. The fraction of sp³-hybridized carbons (Fsp3) is 0.769. The van der Waals surface area contributed by atoms with Crippen LogP contribution in [0.3, 0.4) is 0 Å². The van der Waals surface area contributed by atoms with Gasteiger partial charge in [-0.1, -0.05) is 6.92 Å². The van der Waals surface area contributed by atoms with Gasteiger partial charge in [0.1, 0.15) is 0 Å². The van der Waals surface area contributed by atoms with Gasteiger partial charge in [0.15, 0.2) is 0 Å². The van der Waals surface area contributed by atoms with Crippen molar-refractivity contribution >= 4 is 11.3 Å². The van der Waals surface area contributed by atoms with Crippen LogP contribution in [-0.4, -0.2) is 30.8 Å². The minimum absolute atomic E-state index is 0.344. The summed E-state index contributed by atoms with van der Waals surface area (Å²) in [7, 11) is 1.83. The standard InChI is InChI=1S/C13H22N2OS/c1-4-14-12(13(16-3)10-5-6-10)7-11-8-17-9(2)15-11/h8,10,12-14H,4-7H2,1-3H3. The van der Waals surface area contributed by atoms with Crippen molar-refractivity contribution in [3.05, 3.63) is 16.1 Å². The van der Waals surface area contributed by atoms with Crippen LogP contribution >= 0.6 is 11.3 Å². The van der Waals surface area contributed by atoms with Crippen molar-refractivity contribution in [3.8, 4) is 0 Å². The summed E-state index contributed by atoms with van der Waals surface area (Å²) in [4.78, 5) is 4.55. The lowest BCUT2D eigenvalue weighted by Gasteiger charge is -2.26. The molecule has 1 heterocycles. The Balaban J connectivity index is 2.00. The number of aryl methyl sites for hydroxylation is 1. The van der Waals surface area contributed by atoms with Crippen molar-refractivity contribution in [2.75, 3.05) is 13.7 Å². The van der Waals surface area contributed by atoms with Crippen LogP contribution < -0.4 is 5.32 Å². The Kier molecular flexibility index (Phi) is 4.54. The van der Waals surface area contributed by atoms with E-state index in [0.717, 1.165) is 23.9 Å². The summed E-state index contributed by atoms with van der Waals surface area (Å²) < 4.78 is 5.68. The number of hydrogen-bond acceptors (Lipinski definition) is 4. The first-order valence-electron chi connectivity index (χ1n) is 6.41. The van der Waals surface area contributed by atoms with Gasteiger partial charge in [0.05, 0.1) is 16.8 Å². The first-order chi connectivity index (χ1) is 8.24. The minimum Gasteiger partial charge on any atom is -0.380 e. The van der Waals surface area contributed by atoms with Crippen LogP contribution in [-0.2, 0) is 11.2 Å². The summed E-state index contributed by atoms with van der Waals surface area (Å²) in [6.45, 7) is 5.20. The van der Waals surface area contributed by atoms with E-state index in [1.54, 1.807) is 11.3 Å².